The topological polar surface area (TPSA) is 97.5 Å². The second-order valence-corrected chi connectivity index (χ2v) is 8.59. The van der Waals surface area contributed by atoms with E-state index in [-0.39, 0.29) is 10.7 Å². The number of carbonyl (C=O) groups excluding carboxylic acids is 1. The van der Waals surface area contributed by atoms with Gasteiger partial charge in [0, 0.05) is 22.6 Å². The molecule has 0 spiro atoms. The highest BCUT2D eigenvalue weighted by Crippen LogP contribution is 2.28. The molecule has 0 radical (unpaired) electrons. The summed E-state index contributed by atoms with van der Waals surface area (Å²) in [5, 5.41) is 15.8. The highest BCUT2D eigenvalue weighted by molar-refractivity contribution is 6.32. The number of pyridine rings is 1. The van der Waals surface area contributed by atoms with Crippen molar-refractivity contribution in [2.45, 2.75) is 0 Å². The van der Waals surface area contributed by atoms with E-state index < -0.39 is 10.8 Å². The van der Waals surface area contributed by atoms with Gasteiger partial charge in [-0.25, -0.2) is 10.4 Å². The Labute approximate surface area is 217 Å². The Hall–Kier alpha value is -4.88. The van der Waals surface area contributed by atoms with Crippen LogP contribution in [0.15, 0.2) is 108 Å². The number of nitrogens with one attached hydrogen (secondary N) is 1. The van der Waals surface area contributed by atoms with Crippen LogP contribution in [0.3, 0.4) is 0 Å². The number of halogens is 1. The SMILES string of the molecule is O=C(N/N=C/c1ccc(Cl)c([N+](=O)[O-])c1)c1cc(-c2ccc(-c3ccccc3)cc2)nc2ccccc12. The molecule has 5 aromatic rings. The summed E-state index contributed by atoms with van der Waals surface area (Å²) in [5.74, 6) is -0.430. The molecular weight excluding hydrogens is 488 g/mol. The summed E-state index contributed by atoms with van der Waals surface area (Å²) in [4.78, 5) is 28.4. The predicted octanol–water partition coefficient (Wildman–Crippen LogP) is 6.89. The molecule has 5 rings (SSSR count). The van der Waals surface area contributed by atoms with Crippen molar-refractivity contribution in [3.8, 4) is 22.4 Å². The van der Waals surface area contributed by atoms with Crippen molar-refractivity contribution < 1.29 is 9.72 Å². The van der Waals surface area contributed by atoms with Crippen molar-refractivity contribution in [2.75, 3.05) is 0 Å². The zero-order chi connectivity index (χ0) is 25.8. The first-order valence-corrected chi connectivity index (χ1v) is 11.7. The van der Waals surface area contributed by atoms with E-state index in [1.54, 1.807) is 12.1 Å². The molecule has 0 saturated heterocycles. The standard InChI is InChI=1S/C29H19ClN4O3/c30-25-15-10-19(16-28(25)34(36)37)18-31-33-29(35)24-17-27(32-26-9-5-4-8-23(24)26)22-13-11-21(12-14-22)20-6-2-1-3-7-20/h1-18H,(H,33,35)/b31-18+. The van der Waals surface area contributed by atoms with Crippen molar-refractivity contribution in [3.63, 3.8) is 0 Å². The first kappa shape index (κ1) is 23.8. The molecule has 0 aliphatic heterocycles. The molecule has 0 saturated carbocycles. The highest BCUT2D eigenvalue weighted by Gasteiger charge is 2.15. The molecule has 0 unspecified atom stereocenters. The Bertz CT molecular complexity index is 1650. The van der Waals surface area contributed by atoms with E-state index in [1.165, 1.54) is 18.3 Å². The zero-order valence-electron chi connectivity index (χ0n) is 19.3. The number of rotatable bonds is 6. The minimum absolute atomic E-state index is 0.0266. The maximum absolute atomic E-state index is 13.1. The normalized spacial score (nSPS) is 11.1. The Morgan fingerprint density at radius 3 is 2.30 bits per heavy atom. The van der Waals surface area contributed by atoms with Gasteiger partial charge < -0.3 is 0 Å². The fourth-order valence-corrected chi connectivity index (χ4v) is 4.14. The van der Waals surface area contributed by atoms with Crippen molar-refractivity contribution in [3.05, 3.63) is 129 Å². The van der Waals surface area contributed by atoms with Crippen LogP contribution in [-0.4, -0.2) is 22.0 Å². The van der Waals surface area contributed by atoms with E-state index in [0.717, 1.165) is 16.7 Å². The number of amides is 1. The lowest BCUT2D eigenvalue weighted by Gasteiger charge is -2.10. The van der Waals surface area contributed by atoms with Crippen LogP contribution in [-0.2, 0) is 0 Å². The number of hydrazone groups is 1. The van der Waals surface area contributed by atoms with Crippen LogP contribution in [0.2, 0.25) is 5.02 Å². The van der Waals surface area contributed by atoms with Gasteiger partial charge in [0.2, 0.25) is 0 Å². The third-order valence-electron chi connectivity index (χ3n) is 5.80. The van der Waals surface area contributed by atoms with Gasteiger partial charge in [-0.05, 0) is 29.3 Å². The van der Waals surface area contributed by atoms with Gasteiger partial charge in [-0.1, -0.05) is 90.5 Å². The highest BCUT2D eigenvalue weighted by atomic mass is 35.5. The Balaban J connectivity index is 1.43. The van der Waals surface area contributed by atoms with E-state index in [9.17, 15) is 14.9 Å². The molecule has 7 nitrogen and oxygen atoms in total. The summed E-state index contributed by atoms with van der Waals surface area (Å²) in [7, 11) is 0. The molecule has 1 amide bonds. The maximum Gasteiger partial charge on any atom is 0.288 e. The molecule has 1 heterocycles. The van der Waals surface area contributed by atoms with Gasteiger partial charge >= 0.3 is 0 Å². The first-order chi connectivity index (χ1) is 18.0. The molecule has 8 heteroatoms. The average Bonchev–Trinajstić information content (AvgIpc) is 2.93. The predicted molar refractivity (Wildman–Crippen MR) is 146 cm³/mol. The Morgan fingerprint density at radius 1 is 0.865 bits per heavy atom. The number of carbonyl (C=O) groups is 1. The lowest BCUT2D eigenvalue weighted by Crippen LogP contribution is -2.18. The van der Waals surface area contributed by atoms with Crippen LogP contribution >= 0.6 is 11.6 Å². The number of nitrogens with zero attached hydrogens (tertiary/aromatic N) is 3. The van der Waals surface area contributed by atoms with Crippen molar-refractivity contribution >= 4 is 40.3 Å². The molecule has 37 heavy (non-hydrogen) atoms. The quantitative estimate of drug-likeness (QED) is 0.154. The van der Waals surface area contributed by atoms with Crippen molar-refractivity contribution in [1.29, 1.82) is 0 Å². The summed E-state index contributed by atoms with van der Waals surface area (Å²) in [6.45, 7) is 0. The van der Waals surface area contributed by atoms with Crippen molar-refractivity contribution in [2.24, 2.45) is 5.10 Å². The number of benzene rings is 4. The molecule has 0 aliphatic carbocycles. The van der Waals surface area contributed by atoms with Crippen LogP contribution < -0.4 is 5.43 Å². The fourth-order valence-electron chi connectivity index (χ4n) is 3.95. The van der Waals surface area contributed by atoms with Gasteiger partial charge in [0.1, 0.15) is 5.02 Å². The van der Waals surface area contributed by atoms with E-state index in [4.69, 9.17) is 16.6 Å². The van der Waals surface area contributed by atoms with Gasteiger partial charge in [-0.3, -0.25) is 14.9 Å². The van der Waals surface area contributed by atoms with Gasteiger partial charge in [-0.2, -0.15) is 5.10 Å². The van der Waals surface area contributed by atoms with Crippen LogP contribution in [0, 0.1) is 10.1 Å². The van der Waals surface area contributed by atoms with Gasteiger partial charge in [0.15, 0.2) is 0 Å². The lowest BCUT2D eigenvalue weighted by atomic mass is 10.0. The smallest absolute Gasteiger partial charge is 0.267 e. The third kappa shape index (κ3) is 5.22. The number of para-hydroxylation sites is 1. The number of aromatic nitrogens is 1. The van der Waals surface area contributed by atoms with Gasteiger partial charge in [0.05, 0.1) is 27.9 Å². The number of hydrogen-bond acceptors (Lipinski definition) is 5. The second-order valence-electron chi connectivity index (χ2n) is 8.18. The van der Waals surface area contributed by atoms with E-state index in [0.29, 0.717) is 27.7 Å². The lowest BCUT2D eigenvalue weighted by molar-refractivity contribution is -0.384. The summed E-state index contributed by atoms with van der Waals surface area (Å²) in [6.07, 6.45) is 1.33. The van der Waals surface area contributed by atoms with Crippen LogP contribution in [0.5, 0.6) is 0 Å². The monoisotopic (exact) mass is 506 g/mol. The largest absolute Gasteiger partial charge is 0.288 e. The summed E-state index contributed by atoms with van der Waals surface area (Å²) in [5.41, 5.74) is 7.51. The molecule has 1 N–H and O–H groups in total. The van der Waals surface area contributed by atoms with Gasteiger partial charge in [0.25, 0.3) is 11.6 Å². The number of nitro groups is 1. The molecule has 4 aromatic carbocycles. The fraction of sp³-hybridized carbons (Fsp3) is 0. The molecule has 0 aliphatic rings. The Kier molecular flexibility index (Phi) is 6.70. The van der Waals surface area contributed by atoms with Crippen LogP contribution in [0.1, 0.15) is 15.9 Å². The maximum atomic E-state index is 13.1. The third-order valence-corrected chi connectivity index (χ3v) is 6.11. The first-order valence-electron chi connectivity index (χ1n) is 11.3. The minimum atomic E-state index is -0.574. The summed E-state index contributed by atoms with van der Waals surface area (Å²) in [6, 6.07) is 31.5. The molecule has 1 aromatic heterocycles. The number of fused-ring (bicyclic) bond motifs is 1. The minimum Gasteiger partial charge on any atom is -0.267 e. The van der Waals surface area contributed by atoms with E-state index in [1.807, 2.05) is 66.7 Å². The second kappa shape index (κ2) is 10.4. The molecule has 0 fully saturated rings. The van der Waals surface area contributed by atoms with Gasteiger partial charge in [-0.15, -0.1) is 0 Å². The number of nitro benzene ring substituents is 1. The molecule has 0 atom stereocenters. The zero-order valence-corrected chi connectivity index (χ0v) is 20.1. The Morgan fingerprint density at radius 2 is 1.54 bits per heavy atom. The van der Waals surface area contributed by atoms with Crippen LogP contribution in [0.4, 0.5) is 5.69 Å². The molecule has 0 bridgehead atoms. The van der Waals surface area contributed by atoms with Crippen LogP contribution in [0.25, 0.3) is 33.3 Å². The van der Waals surface area contributed by atoms with E-state index >= 15 is 0 Å². The molecule has 180 valence electrons. The number of hydrogen-bond donors (Lipinski definition) is 1. The van der Waals surface area contributed by atoms with Crippen molar-refractivity contribution in [1.82, 2.24) is 10.4 Å². The summed E-state index contributed by atoms with van der Waals surface area (Å²) < 4.78 is 0. The molecular formula is C29H19ClN4O3. The summed E-state index contributed by atoms with van der Waals surface area (Å²) >= 11 is 5.85. The van der Waals surface area contributed by atoms with E-state index in [2.05, 4.69) is 22.7 Å². The average molecular weight is 507 g/mol.